The Morgan fingerprint density at radius 2 is 2.04 bits per heavy atom. The van der Waals surface area contributed by atoms with Gasteiger partial charge in [0.1, 0.15) is 11.6 Å². The topological polar surface area (TPSA) is 84.4 Å². The summed E-state index contributed by atoms with van der Waals surface area (Å²) < 4.78 is 29.2. The number of sulfone groups is 1. The van der Waals surface area contributed by atoms with Gasteiger partial charge in [0.25, 0.3) is 0 Å². The second-order valence-electron chi connectivity index (χ2n) is 6.86. The number of hydrogen-bond acceptors (Lipinski definition) is 7. The van der Waals surface area contributed by atoms with Crippen LogP contribution in [0.4, 0.5) is 17.5 Å². The van der Waals surface area contributed by atoms with Gasteiger partial charge in [-0.1, -0.05) is 6.07 Å². The first kappa shape index (κ1) is 19.4. The van der Waals surface area contributed by atoms with Gasteiger partial charge < -0.3 is 15.0 Å². The Labute approximate surface area is 160 Å². The van der Waals surface area contributed by atoms with E-state index in [0.29, 0.717) is 24.7 Å². The fourth-order valence-corrected chi connectivity index (χ4v) is 5.15. The van der Waals surface area contributed by atoms with Crippen LogP contribution in [0.25, 0.3) is 0 Å². The summed E-state index contributed by atoms with van der Waals surface area (Å²) >= 11 is 0. The summed E-state index contributed by atoms with van der Waals surface area (Å²) in [6.07, 6.45) is 0.633. The Hall–Kier alpha value is -2.35. The van der Waals surface area contributed by atoms with Gasteiger partial charge in [-0.3, -0.25) is 0 Å². The van der Waals surface area contributed by atoms with Crippen LogP contribution in [0.3, 0.4) is 0 Å². The molecule has 0 bridgehead atoms. The number of anilines is 3. The number of benzene rings is 1. The van der Waals surface area contributed by atoms with E-state index in [1.807, 2.05) is 45.0 Å². The molecule has 0 aliphatic carbocycles. The molecule has 0 saturated carbocycles. The molecule has 1 unspecified atom stereocenters. The normalized spacial score (nSPS) is 18.3. The van der Waals surface area contributed by atoms with Gasteiger partial charge in [-0.2, -0.15) is 4.98 Å². The Balaban J connectivity index is 1.91. The summed E-state index contributed by atoms with van der Waals surface area (Å²) in [5, 5.41) is 3.24. The molecule has 2 aromatic rings. The van der Waals surface area contributed by atoms with Crippen molar-refractivity contribution < 1.29 is 13.2 Å². The van der Waals surface area contributed by atoms with Crippen molar-refractivity contribution in [2.45, 2.75) is 33.2 Å². The van der Waals surface area contributed by atoms with Crippen molar-refractivity contribution in [2.75, 3.05) is 35.4 Å². The number of ether oxygens (including phenoxy) is 1. The summed E-state index contributed by atoms with van der Waals surface area (Å²) in [5.74, 6) is 2.33. The molecular formula is C19H26N4O3S. The van der Waals surface area contributed by atoms with Crippen LogP contribution in [-0.2, 0) is 9.84 Å². The molecule has 2 heterocycles. The van der Waals surface area contributed by atoms with Crippen LogP contribution in [-0.4, -0.2) is 49.6 Å². The summed E-state index contributed by atoms with van der Waals surface area (Å²) in [4.78, 5) is 11.2. The Morgan fingerprint density at radius 3 is 2.67 bits per heavy atom. The minimum Gasteiger partial charge on any atom is -0.495 e. The predicted octanol–water partition coefficient (Wildman–Crippen LogP) is 2.86. The van der Waals surface area contributed by atoms with Gasteiger partial charge in [0, 0.05) is 24.3 Å². The van der Waals surface area contributed by atoms with Crippen LogP contribution in [0.2, 0.25) is 0 Å². The minimum absolute atomic E-state index is 0.0457. The molecule has 1 aliphatic heterocycles. The third-order valence-corrected chi connectivity index (χ3v) is 6.48. The molecule has 27 heavy (non-hydrogen) atoms. The molecule has 1 atom stereocenters. The first-order valence-corrected chi connectivity index (χ1v) is 10.9. The van der Waals surface area contributed by atoms with E-state index in [1.165, 1.54) is 0 Å². The lowest BCUT2D eigenvalue weighted by Crippen LogP contribution is -2.36. The first-order valence-electron chi connectivity index (χ1n) is 9.05. The second-order valence-corrected chi connectivity index (χ2v) is 9.09. The molecule has 8 heteroatoms. The molecule has 1 N–H and O–H groups in total. The number of aryl methyl sites for hydroxylation is 2. The van der Waals surface area contributed by atoms with Gasteiger partial charge in [0.2, 0.25) is 5.95 Å². The van der Waals surface area contributed by atoms with Gasteiger partial charge in [0.15, 0.2) is 9.84 Å². The van der Waals surface area contributed by atoms with E-state index < -0.39 is 9.84 Å². The van der Waals surface area contributed by atoms with Crippen molar-refractivity contribution >= 4 is 27.3 Å². The van der Waals surface area contributed by atoms with Gasteiger partial charge in [-0.05, 0) is 44.9 Å². The molecule has 1 aromatic heterocycles. The van der Waals surface area contributed by atoms with Crippen molar-refractivity contribution in [1.29, 1.82) is 0 Å². The fourth-order valence-electron chi connectivity index (χ4n) is 3.42. The molecule has 3 rings (SSSR count). The van der Waals surface area contributed by atoms with Crippen LogP contribution in [0.1, 0.15) is 24.6 Å². The third kappa shape index (κ3) is 4.50. The maximum atomic E-state index is 11.9. The molecule has 0 radical (unpaired) electrons. The highest BCUT2D eigenvalue weighted by atomic mass is 32.2. The van der Waals surface area contributed by atoms with E-state index in [-0.39, 0.29) is 17.5 Å². The second kappa shape index (κ2) is 7.72. The van der Waals surface area contributed by atoms with Crippen LogP contribution in [0.5, 0.6) is 5.75 Å². The van der Waals surface area contributed by atoms with Crippen molar-refractivity contribution in [3.63, 3.8) is 0 Å². The first-order chi connectivity index (χ1) is 12.8. The largest absolute Gasteiger partial charge is 0.495 e. The Kier molecular flexibility index (Phi) is 5.55. The van der Waals surface area contributed by atoms with E-state index in [2.05, 4.69) is 20.2 Å². The number of rotatable bonds is 6. The van der Waals surface area contributed by atoms with E-state index in [1.54, 1.807) is 7.11 Å². The van der Waals surface area contributed by atoms with Crippen molar-refractivity contribution in [1.82, 2.24) is 9.97 Å². The van der Waals surface area contributed by atoms with Gasteiger partial charge in [-0.25, -0.2) is 13.4 Å². The number of methoxy groups -OCH3 is 1. The SMILES string of the molecule is CCN(c1cc(C)nc(Nc2cc(C)ccc2OC)n1)C1CCS(=O)(=O)C1. The van der Waals surface area contributed by atoms with E-state index in [9.17, 15) is 8.42 Å². The van der Waals surface area contributed by atoms with E-state index >= 15 is 0 Å². The van der Waals surface area contributed by atoms with Gasteiger partial charge >= 0.3 is 0 Å². The van der Waals surface area contributed by atoms with Crippen LogP contribution >= 0.6 is 0 Å². The average Bonchev–Trinajstić information content (AvgIpc) is 2.95. The van der Waals surface area contributed by atoms with Crippen LogP contribution < -0.4 is 15.0 Å². The molecule has 0 amide bonds. The zero-order valence-corrected chi connectivity index (χ0v) is 17.0. The lowest BCUT2D eigenvalue weighted by molar-refractivity contribution is 0.416. The Bertz CT molecular complexity index is 931. The molecule has 7 nitrogen and oxygen atoms in total. The molecule has 1 saturated heterocycles. The van der Waals surface area contributed by atoms with E-state index in [0.717, 1.165) is 22.8 Å². The standard InChI is InChI=1S/C19H26N4O3S/c1-5-23(15-8-9-27(24,25)12-15)18-11-14(3)20-19(22-18)21-16-10-13(2)6-7-17(16)26-4/h6-7,10-11,15H,5,8-9,12H2,1-4H3,(H,20,21,22). The lowest BCUT2D eigenvalue weighted by Gasteiger charge is -2.28. The molecule has 1 aliphatic rings. The molecule has 0 spiro atoms. The molecule has 1 aromatic carbocycles. The number of nitrogens with zero attached hydrogens (tertiary/aromatic N) is 3. The monoisotopic (exact) mass is 390 g/mol. The molecule has 1 fully saturated rings. The van der Waals surface area contributed by atoms with Gasteiger partial charge in [0.05, 0.1) is 24.3 Å². The zero-order chi connectivity index (χ0) is 19.6. The lowest BCUT2D eigenvalue weighted by atomic mass is 10.2. The maximum Gasteiger partial charge on any atom is 0.229 e. The number of nitrogens with one attached hydrogen (secondary N) is 1. The summed E-state index contributed by atoms with van der Waals surface area (Å²) in [6, 6.07) is 7.70. The highest BCUT2D eigenvalue weighted by Gasteiger charge is 2.32. The van der Waals surface area contributed by atoms with Crippen molar-refractivity contribution in [2.24, 2.45) is 0 Å². The fraction of sp³-hybridized carbons (Fsp3) is 0.474. The highest BCUT2D eigenvalue weighted by Crippen LogP contribution is 2.29. The molecular weight excluding hydrogens is 364 g/mol. The molecule has 146 valence electrons. The smallest absolute Gasteiger partial charge is 0.229 e. The van der Waals surface area contributed by atoms with E-state index in [4.69, 9.17) is 4.74 Å². The van der Waals surface area contributed by atoms with Crippen LogP contribution in [0.15, 0.2) is 24.3 Å². The average molecular weight is 391 g/mol. The number of hydrogen-bond donors (Lipinski definition) is 1. The maximum absolute atomic E-state index is 11.9. The van der Waals surface area contributed by atoms with Crippen LogP contribution in [0, 0.1) is 13.8 Å². The quantitative estimate of drug-likeness (QED) is 0.812. The summed E-state index contributed by atoms with van der Waals surface area (Å²) in [5.41, 5.74) is 2.70. The van der Waals surface area contributed by atoms with Crippen molar-refractivity contribution in [3.05, 3.63) is 35.5 Å². The van der Waals surface area contributed by atoms with Crippen molar-refractivity contribution in [3.8, 4) is 5.75 Å². The van der Waals surface area contributed by atoms with Gasteiger partial charge in [-0.15, -0.1) is 0 Å². The minimum atomic E-state index is -2.96. The highest BCUT2D eigenvalue weighted by molar-refractivity contribution is 7.91. The zero-order valence-electron chi connectivity index (χ0n) is 16.2. The third-order valence-electron chi connectivity index (χ3n) is 4.73. The summed E-state index contributed by atoms with van der Waals surface area (Å²) in [6.45, 7) is 6.61. The summed E-state index contributed by atoms with van der Waals surface area (Å²) in [7, 11) is -1.34. The Morgan fingerprint density at radius 1 is 1.26 bits per heavy atom. The predicted molar refractivity (Wildman–Crippen MR) is 108 cm³/mol. The number of aromatic nitrogens is 2.